The lowest BCUT2D eigenvalue weighted by molar-refractivity contribution is -0.438. The number of hydrogen-bond acceptors (Lipinski definition) is 22. The number of nitrogens with zero attached hydrogens (tertiary/aromatic N) is 2. The first-order valence-electron chi connectivity index (χ1n) is 44.5. The first-order chi connectivity index (χ1) is 62.1. The Morgan fingerprint density at radius 3 is 1.36 bits per heavy atom. The van der Waals surface area contributed by atoms with Crippen LogP contribution >= 0.6 is 22.1 Å². The Morgan fingerprint density at radius 2 is 0.940 bits per heavy atom. The molecule has 3 aromatic rings. The number of carbonyl (C=O) groups is 13. The van der Waals surface area contributed by atoms with E-state index in [9.17, 15) is 145 Å². The molecular formula is C91H120N6O32P3S-. The van der Waals surface area contributed by atoms with Crippen molar-refractivity contribution >= 4 is 132 Å². The van der Waals surface area contributed by atoms with Crippen LogP contribution in [0.4, 0.5) is 11.4 Å². The molecule has 4 fully saturated rings. The molecule has 4 bridgehead atoms. The van der Waals surface area contributed by atoms with E-state index in [1.165, 1.54) is 24.3 Å². The van der Waals surface area contributed by atoms with Gasteiger partial charge in [0.25, 0.3) is 0 Å². The third-order valence-corrected chi connectivity index (χ3v) is 33.5. The van der Waals surface area contributed by atoms with Crippen LogP contribution in [-0.4, -0.2) is 229 Å². The van der Waals surface area contributed by atoms with Gasteiger partial charge in [-0.3, -0.25) is 61.8 Å². The molecule has 2 heterocycles. The van der Waals surface area contributed by atoms with Crippen molar-refractivity contribution in [2.24, 2.45) is 39.0 Å². The lowest BCUT2D eigenvalue weighted by Crippen LogP contribution is -2.69. The van der Waals surface area contributed by atoms with E-state index in [4.69, 9.17) is 9.73 Å². The molecule has 7 aliphatic rings. The zero-order valence-electron chi connectivity index (χ0n) is 74.7. The molecule has 2 aliphatic heterocycles. The monoisotopic (exact) mass is 1930 g/mol. The normalized spacial score (nSPS) is 22.8. The molecule has 0 aromatic heterocycles. The number of carbonyl (C=O) groups excluding carboxylic acids is 5. The fourth-order valence-corrected chi connectivity index (χ4v) is 27.0. The standard InChI is InChI=1S/C91H121N6O32P3S/c1-86(2)63-15-7-9-17-65(63)92-70(86)29-20-56-13-12-14-57(79(56)129-61-25-27-62(28-26-61)133(126,127)128)21-30-71-87(3,4)64-16-8-10-18-69(64)97(71)43-11-5-6-19-75(101)96-91-53-88(40-34-72(98)93-66(83(114)115)37-44-130(120,121)47-58(80(108)109)22-31-76(102)103)50-89(54-91,41-35-73(99)94-67(84(116)117)38-45-131(122,123)48-59(81(110)111)23-32-77(104)105)52-90(51-88,55-91)42-36-74(100)95-68(85(118)119)39-46-132(124,125)49-60(82(112)113)24-33-78(106)107/h7-10,15-18,20-21,25-28,30,58-60,66-68H,5-6,11-14,19,22-24,29,31-55H2,1-4H3,(H16-,93,94,95,96,98,99,100,101,102,103,104,105,106,107,108,109,110,111,112,113,114,115,116,117,118,119,120,121,122,123,124,125,126,127,128)/p-1/b30-21+,56-20+/t58?,59?,60?,66-,67-,68-,88?,89?,90?,91?/m0/s1. The molecule has 133 heavy (non-hydrogen) atoms. The maximum Gasteiger partial charge on any atom is 0.326 e. The minimum Gasteiger partial charge on any atom is -0.744 e. The smallest absolute Gasteiger partial charge is 0.326 e. The number of nitrogens with one attached hydrogen (secondary N) is 4. The molecule has 3 aromatic carbocycles. The number of hydrogen-bond donors (Lipinski definition) is 15. The van der Waals surface area contributed by atoms with Crippen molar-refractivity contribution < 1.29 is 159 Å². The number of aliphatic imine (C=N–C) groups is 1. The van der Waals surface area contributed by atoms with Crippen LogP contribution < -0.4 is 31.1 Å². The molecule has 0 radical (unpaired) electrons. The molecule has 10 rings (SSSR count). The van der Waals surface area contributed by atoms with E-state index in [1.54, 1.807) is 0 Å². The average molecular weight is 1930 g/mol. The molecule has 5 aliphatic carbocycles. The van der Waals surface area contributed by atoms with Crippen LogP contribution in [0.3, 0.4) is 0 Å². The SMILES string of the molecule is CC1(C)C(C/C=C2\CCCC(/C=C/C3=[N+](CCCCCC(=O)NC45CC6(CCC(=O)N[C@@H](CCP(=O)(O)CC(CCC(=O)[O-])C(=O)O)C(=O)O)CC(CCC(=O)N[C@@H](CCP(=O)(O)CC(CCC(=O)O)C(=O)O)C(=O)O)(CC(CCC(=O)N[C@@H](CCP(=O)(O)CC(CCC(=O)O)C(=O)O)C(=O)O)(C6)C4)C5)c4ccccc4C3(C)C)=C2Oc2ccc(S(=O)(=O)[O-])cc2)=Nc2ccccc21. The summed E-state index contributed by atoms with van der Waals surface area (Å²) in [6.07, 6.45) is -2.09. The van der Waals surface area contributed by atoms with Crippen molar-refractivity contribution in [3.8, 4) is 5.75 Å². The topological polar surface area (TPSA) is 649 Å². The molecule has 0 saturated heterocycles. The van der Waals surface area contributed by atoms with Crippen LogP contribution in [0, 0.1) is 34.0 Å². The van der Waals surface area contributed by atoms with Crippen LogP contribution in [0.5, 0.6) is 5.75 Å². The maximum atomic E-state index is 15.2. The van der Waals surface area contributed by atoms with Crippen LogP contribution in [0.25, 0.3) is 0 Å². The number of amides is 4. The van der Waals surface area contributed by atoms with E-state index >= 15 is 4.79 Å². The Hall–Kier alpha value is -10.4. The zero-order valence-corrected chi connectivity index (χ0v) is 78.2. The summed E-state index contributed by atoms with van der Waals surface area (Å²) in [6.45, 7) is 8.95. The largest absolute Gasteiger partial charge is 0.744 e. The number of unbranched alkanes of at least 4 members (excludes halogenated alkanes) is 2. The van der Waals surface area contributed by atoms with Crippen molar-refractivity contribution in [3.63, 3.8) is 0 Å². The highest BCUT2D eigenvalue weighted by Gasteiger charge is 2.68. The quantitative estimate of drug-likeness (QED) is 0.0108. The van der Waals surface area contributed by atoms with Crippen LogP contribution in [-0.2, 0) is 97.0 Å². The van der Waals surface area contributed by atoms with Crippen molar-refractivity contribution in [1.82, 2.24) is 21.3 Å². The van der Waals surface area contributed by atoms with Gasteiger partial charge in [0.05, 0.1) is 33.8 Å². The summed E-state index contributed by atoms with van der Waals surface area (Å²) in [6, 6.07) is 15.6. The van der Waals surface area contributed by atoms with Gasteiger partial charge in [0.15, 0.2) is 5.71 Å². The number of benzene rings is 3. The van der Waals surface area contributed by atoms with E-state index < -0.39 is 292 Å². The number of rotatable bonds is 56. The molecule has 728 valence electrons. The number of para-hydroxylation sites is 2. The van der Waals surface area contributed by atoms with Gasteiger partial charge in [0, 0.05) is 129 Å². The van der Waals surface area contributed by atoms with Gasteiger partial charge in [0.2, 0.25) is 51.4 Å². The van der Waals surface area contributed by atoms with E-state index in [-0.39, 0.29) is 69.6 Å². The number of carboxylic acids is 9. The fourth-order valence-electron chi connectivity index (χ4n) is 20.9. The van der Waals surface area contributed by atoms with Gasteiger partial charge in [-0.05, 0) is 218 Å². The Balaban J connectivity index is 1.01. The summed E-state index contributed by atoms with van der Waals surface area (Å²) < 4.78 is 85.5. The number of ether oxygens (including phenoxy) is 1. The van der Waals surface area contributed by atoms with Crippen molar-refractivity contribution in [2.45, 2.75) is 253 Å². The Labute approximate surface area is 769 Å². The number of allylic oxidation sites excluding steroid dienone is 5. The van der Waals surface area contributed by atoms with Crippen LogP contribution in [0.2, 0.25) is 0 Å². The first kappa shape index (κ1) is 106. The molecule has 8 unspecified atom stereocenters. The van der Waals surface area contributed by atoms with Gasteiger partial charge in [-0.2, -0.15) is 4.58 Å². The van der Waals surface area contributed by atoms with Crippen LogP contribution in [0.15, 0.2) is 118 Å². The van der Waals surface area contributed by atoms with Gasteiger partial charge in [-0.1, -0.05) is 56.3 Å². The predicted octanol–water partition coefficient (Wildman–Crippen LogP) is 9.57. The molecule has 38 nitrogen and oxygen atoms in total. The van der Waals surface area contributed by atoms with E-state index in [0.29, 0.717) is 56.6 Å². The average Bonchev–Trinajstić information content (AvgIpc) is 1.42. The molecule has 4 saturated carbocycles. The molecule has 42 heteroatoms. The number of fused-ring (bicyclic) bond motifs is 2. The second kappa shape index (κ2) is 44.4. The first-order valence-corrected chi connectivity index (χ1v) is 52.0. The molecule has 11 atom stereocenters. The summed E-state index contributed by atoms with van der Waals surface area (Å²) in [7, 11) is -18.4. The minimum absolute atomic E-state index is 0.0675. The lowest BCUT2D eigenvalue weighted by atomic mass is 9.35. The van der Waals surface area contributed by atoms with Gasteiger partial charge in [-0.25, -0.2) is 22.8 Å². The predicted molar refractivity (Wildman–Crippen MR) is 478 cm³/mol. The summed E-state index contributed by atoms with van der Waals surface area (Å²) >= 11 is 0. The minimum atomic E-state index is -4.78. The molecule has 0 spiro atoms. The molecule has 4 amide bonds. The second-order valence-electron chi connectivity index (χ2n) is 38.0. The summed E-state index contributed by atoms with van der Waals surface area (Å²) in [5, 5.41) is 101. The Morgan fingerprint density at radius 1 is 0.504 bits per heavy atom. The van der Waals surface area contributed by atoms with Crippen molar-refractivity contribution in [3.05, 3.63) is 119 Å². The lowest BCUT2D eigenvalue weighted by Gasteiger charge is -2.71. The number of aliphatic carboxylic acids is 9. The highest BCUT2D eigenvalue weighted by Crippen LogP contribution is 2.74. The molecule has 15 N–H and O–H groups in total. The third kappa shape index (κ3) is 29.6. The second-order valence-corrected chi connectivity index (χ2v) is 46.9. The Kier molecular flexibility index (Phi) is 35.5. The van der Waals surface area contributed by atoms with Crippen LogP contribution in [0.1, 0.15) is 225 Å². The number of carboxylic acid groups (broad SMARTS) is 9. The zero-order chi connectivity index (χ0) is 98.2. The molecular weight excluding hydrogens is 1810 g/mol. The highest BCUT2D eigenvalue weighted by atomic mass is 32.2. The van der Waals surface area contributed by atoms with Crippen molar-refractivity contribution in [1.29, 1.82) is 0 Å². The van der Waals surface area contributed by atoms with E-state index in [1.807, 2.05) is 42.5 Å². The summed E-state index contributed by atoms with van der Waals surface area (Å²) in [5.74, 6) is -21.2. The maximum absolute atomic E-state index is 15.2. The summed E-state index contributed by atoms with van der Waals surface area (Å²) in [5.41, 5.74) is 2.09. The van der Waals surface area contributed by atoms with Gasteiger partial charge in [-0.15, -0.1) is 0 Å². The van der Waals surface area contributed by atoms with Crippen molar-refractivity contribution in [2.75, 3.05) is 43.5 Å². The Bertz CT molecular complexity index is 5120. The van der Waals surface area contributed by atoms with Gasteiger partial charge < -0.3 is 96.0 Å². The summed E-state index contributed by atoms with van der Waals surface area (Å²) in [4.78, 5) is 204. The van der Waals surface area contributed by atoms with E-state index in [0.717, 1.165) is 51.5 Å². The van der Waals surface area contributed by atoms with E-state index in [2.05, 4.69) is 77.8 Å². The highest BCUT2D eigenvalue weighted by molar-refractivity contribution is 7.85. The fraction of sp³-hybridized carbons (Fsp3) is 0.571. The van der Waals surface area contributed by atoms with Gasteiger partial charge >= 0.3 is 47.8 Å². The third-order valence-electron chi connectivity index (χ3n) is 26.7. The van der Waals surface area contributed by atoms with Gasteiger partial charge in [0.1, 0.15) is 46.3 Å².